The molecule has 0 aliphatic rings. The van der Waals surface area contributed by atoms with Gasteiger partial charge in [-0.3, -0.25) is 9.78 Å². The summed E-state index contributed by atoms with van der Waals surface area (Å²) in [7, 11) is 0. The summed E-state index contributed by atoms with van der Waals surface area (Å²) in [4.78, 5) is 16.1. The van der Waals surface area contributed by atoms with Gasteiger partial charge in [-0.1, -0.05) is 19.1 Å². The smallest absolute Gasteiger partial charge is 0.251 e. The highest BCUT2D eigenvalue weighted by Gasteiger charge is 2.04. The molecule has 0 atom stereocenters. The molecule has 1 aromatic carbocycles. The predicted molar refractivity (Wildman–Crippen MR) is 106 cm³/mol. The van der Waals surface area contributed by atoms with Gasteiger partial charge in [0.25, 0.3) is 5.91 Å². The van der Waals surface area contributed by atoms with Crippen molar-refractivity contribution in [1.29, 1.82) is 0 Å². The van der Waals surface area contributed by atoms with E-state index in [0.717, 1.165) is 12.1 Å². The number of anilines is 3. The number of nitrogens with zero attached hydrogens (tertiary/aromatic N) is 3. The van der Waals surface area contributed by atoms with Gasteiger partial charge in [0.05, 0.1) is 11.9 Å². The fraction of sp³-hybridized carbons (Fsp3) is 0.200. The Bertz CT molecular complexity index is 850. The van der Waals surface area contributed by atoms with Crippen LogP contribution in [-0.4, -0.2) is 34.2 Å². The average Bonchev–Trinajstić information content (AvgIpc) is 2.73. The van der Waals surface area contributed by atoms with Crippen LogP contribution >= 0.6 is 0 Å². The summed E-state index contributed by atoms with van der Waals surface area (Å²) >= 11 is 0. The predicted octanol–water partition coefficient (Wildman–Crippen LogP) is 3.02. The zero-order valence-electron chi connectivity index (χ0n) is 15.1. The van der Waals surface area contributed by atoms with Crippen LogP contribution < -0.4 is 16.0 Å². The number of aromatic nitrogens is 3. The highest BCUT2D eigenvalue weighted by atomic mass is 16.1. The maximum atomic E-state index is 12.1. The number of pyridine rings is 1. The van der Waals surface area contributed by atoms with Crippen LogP contribution in [-0.2, 0) is 6.42 Å². The maximum absolute atomic E-state index is 12.1. The lowest BCUT2D eigenvalue weighted by Crippen LogP contribution is -2.28. The molecule has 0 fully saturated rings. The second kappa shape index (κ2) is 9.28. The number of aryl methyl sites for hydroxylation is 1. The summed E-state index contributed by atoms with van der Waals surface area (Å²) in [6, 6.07) is 15.1. The third kappa shape index (κ3) is 5.50. The molecule has 0 bridgehead atoms. The van der Waals surface area contributed by atoms with Crippen LogP contribution in [0, 0.1) is 0 Å². The monoisotopic (exact) mass is 362 g/mol. The van der Waals surface area contributed by atoms with Crippen molar-refractivity contribution in [3.63, 3.8) is 0 Å². The molecule has 3 N–H and O–H groups in total. The summed E-state index contributed by atoms with van der Waals surface area (Å²) in [6.45, 7) is 3.14. The lowest BCUT2D eigenvalue weighted by atomic mass is 10.1. The maximum Gasteiger partial charge on any atom is 0.251 e. The van der Waals surface area contributed by atoms with Crippen molar-refractivity contribution in [3.8, 4) is 0 Å². The third-order valence-electron chi connectivity index (χ3n) is 3.94. The summed E-state index contributed by atoms with van der Waals surface area (Å²) in [5.74, 6) is 1.20. The second-order valence-electron chi connectivity index (χ2n) is 5.90. The quantitative estimate of drug-likeness (QED) is 0.534. The largest absolute Gasteiger partial charge is 0.367 e. The van der Waals surface area contributed by atoms with E-state index in [1.165, 1.54) is 5.56 Å². The van der Waals surface area contributed by atoms with E-state index >= 15 is 0 Å². The Morgan fingerprint density at radius 1 is 0.963 bits per heavy atom. The Balaban J connectivity index is 1.41. The first-order valence-corrected chi connectivity index (χ1v) is 8.86. The minimum absolute atomic E-state index is 0.0819. The molecule has 2 aromatic heterocycles. The first-order chi connectivity index (χ1) is 13.2. The van der Waals surface area contributed by atoms with Crippen LogP contribution in [0.3, 0.4) is 0 Å². The summed E-state index contributed by atoms with van der Waals surface area (Å²) in [6.07, 6.45) is 4.39. The molecule has 7 nitrogen and oxygen atoms in total. The summed E-state index contributed by atoms with van der Waals surface area (Å²) < 4.78 is 0. The second-order valence-corrected chi connectivity index (χ2v) is 5.90. The molecule has 1 amide bonds. The SMILES string of the molecule is CCc1ccc(C(=O)NCCNc2ccc(Nc3cccnc3)nn2)cc1. The highest BCUT2D eigenvalue weighted by molar-refractivity contribution is 5.94. The van der Waals surface area contributed by atoms with E-state index in [1.807, 2.05) is 48.5 Å². The standard InChI is InChI=1S/C20H22N6O/c1-2-15-5-7-16(8-6-15)20(27)23-13-12-22-18-9-10-19(26-25-18)24-17-4-3-11-21-14-17/h3-11,14H,2,12-13H2,1H3,(H,22,25)(H,23,27)(H,24,26). The van der Waals surface area contributed by atoms with Gasteiger partial charge in [0.2, 0.25) is 0 Å². The number of hydrogen-bond donors (Lipinski definition) is 3. The first-order valence-electron chi connectivity index (χ1n) is 8.86. The van der Waals surface area contributed by atoms with Crippen LogP contribution in [0.4, 0.5) is 17.3 Å². The van der Waals surface area contributed by atoms with Crippen LogP contribution in [0.15, 0.2) is 60.9 Å². The van der Waals surface area contributed by atoms with E-state index in [2.05, 4.69) is 38.1 Å². The van der Waals surface area contributed by atoms with Crippen molar-refractivity contribution < 1.29 is 4.79 Å². The molecule has 0 saturated heterocycles. The van der Waals surface area contributed by atoms with Crippen molar-refractivity contribution in [1.82, 2.24) is 20.5 Å². The summed E-state index contributed by atoms with van der Waals surface area (Å²) in [5.41, 5.74) is 2.73. The van der Waals surface area contributed by atoms with Crippen molar-refractivity contribution >= 4 is 23.2 Å². The number of carbonyl (C=O) groups is 1. The molecule has 0 aliphatic heterocycles. The zero-order valence-corrected chi connectivity index (χ0v) is 15.1. The van der Waals surface area contributed by atoms with Gasteiger partial charge in [-0.25, -0.2) is 0 Å². The first kappa shape index (κ1) is 18.3. The molecule has 0 spiro atoms. The topological polar surface area (TPSA) is 91.8 Å². The molecule has 2 heterocycles. The van der Waals surface area contributed by atoms with E-state index in [1.54, 1.807) is 12.4 Å². The lowest BCUT2D eigenvalue weighted by molar-refractivity contribution is 0.0955. The molecule has 138 valence electrons. The Labute approximate surface area is 158 Å². The van der Waals surface area contributed by atoms with Gasteiger partial charge in [-0.05, 0) is 48.4 Å². The van der Waals surface area contributed by atoms with Crippen molar-refractivity contribution in [2.45, 2.75) is 13.3 Å². The molecule has 3 rings (SSSR count). The van der Waals surface area contributed by atoms with Crippen LogP contribution in [0.25, 0.3) is 0 Å². The highest BCUT2D eigenvalue weighted by Crippen LogP contribution is 2.12. The minimum atomic E-state index is -0.0819. The van der Waals surface area contributed by atoms with E-state index < -0.39 is 0 Å². The molecule has 7 heteroatoms. The normalized spacial score (nSPS) is 10.3. The van der Waals surface area contributed by atoms with Gasteiger partial charge in [0, 0.05) is 24.8 Å². The van der Waals surface area contributed by atoms with E-state index in [-0.39, 0.29) is 5.91 Å². The molecule has 0 aliphatic carbocycles. The number of benzene rings is 1. The molecule has 3 aromatic rings. The van der Waals surface area contributed by atoms with E-state index in [4.69, 9.17) is 0 Å². The van der Waals surface area contributed by atoms with Crippen molar-refractivity contribution in [2.75, 3.05) is 23.7 Å². The van der Waals surface area contributed by atoms with Gasteiger partial charge in [-0.2, -0.15) is 0 Å². The molecule has 27 heavy (non-hydrogen) atoms. The number of carbonyl (C=O) groups excluding carboxylic acids is 1. The fourth-order valence-corrected chi connectivity index (χ4v) is 2.44. The van der Waals surface area contributed by atoms with E-state index in [0.29, 0.717) is 30.3 Å². The molecule has 0 unspecified atom stereocenters. The third-order valence-corrected chi connectivity index (χ3v) is 3.94. The van der Waals surface area contributed by atoms with Gasteiger partial charge in [0.15, 0.2) is 5.82 Å². The number of rotatable bonds is 8. The lowest BCUT2D eigenvalue weighted by Gasteiger charge is -2.08. The molecule has 0 radical (unpaired) electrons. The minimum Gasteiger partial charge on any atom is -0.367 e. The van der Waals surface area contributed by atoms with Gasteiger partial charge in [0.1, 0.15) is 5.82 Å². The Morgan fingerprint density at radius 3 is 2.41 bits per heavy atom. The number of hydrogen-bond acceptors (Lipinski definition) is 6. The van der Waals surface area contributed by atoms with Crippen LogP contribution in [0.2, 0.25) is 0 Å². The fourth-order valence-electron chi connectivity index (χ4n) is 2.44. The Hall–Kier alpha value is -3.48. The number of amides is 1. The van der Waals surface area contributed by atoms with Crippen molar-refractivity contribution in [2.24, 2.45) is 0 Å². The molecular formula is C20H22N6O. The van der Waals surface area contributed by atoms with Gasteiger partial charge < -0.3 is 16.0 Å². The van der Waals surface area contributed by atoms with Gasteiger partial charge in [-0.15, -0.1) is 10.2 Å². The summed E-state index contributed by atoms with van der Waals surface area (Å²) in [5, 5.41) is 17.4. The Morgan fingerprint density at radius 2 is 1.74 bits per heavy atom. The van der Waals surface area contributed by atoms with Gasteiger partial charge >= 0.3 is 0 Å². The van der Waals surface area contributed by atoms with E-state index in [9.17, 15) is 4.79 Å². The number of nitrogens with one attached hydrogen (secondary N) is 3. The molecule has 0 saturated carbocycles. The van der Waals surface area contributed by atoms with Crippen LogP contribution in [0.5, 0.6) is 0 Å². The zero-order chi connectivity index (χ0) is 18.9. The van der Waals surface area contributed by atoms with Crippen molar-refractivity contribution in [3.05, 3.63) is 72.1 Å². The molecular weight excluding hydrogens is 340 g/mol. The average molecular weight is 362 g/mol. The Kier molecular flexibility index (Phi) is 6.30. The van der Waals surface area contributed by atoms with Crippen LogP contribution in [0.1, 0.15) is 22.8 Å².